The van der Waals surface area contributed by atoms with E-state index in [9.17, 15) is 14.4 Å². The van der Waals surface area contributed by atoms with E-state index in [-0.39, 0.29) is 12.6 Å². The second-order valence-corrected chi connectivity index (χ2v) is 14.5. The van der Waals surface area contributed by atoms with E-state index in [0.717, 1.165) is 62.8 Å². The standard InChI is InChI=1S/C22H43NO4.C21H43NO2/c1-3-5-7-9-10-11-12-13-14-15-16-18-20-27-22(26)23(21(24)25)19-17-8-6-4-2;1-3-5-7-9-10-11-12-13-14-15-16-18-20-24-21(23)22-19-17-8-6-4-2/h3-20H2,1-2H3,(H,24,25);3-20H2,1-2H3,(H,22,23). The van der Waals surface area contributed by atoms with Crippen molar-refractivity contribution < 1.29 is 29.0 Å². The third-order valence-electron chi connectivity index (χ3n) is 9.44. The molecule has 51 heavy (non-hydrogen) atoms. The van der Waals surface area contributed by atoms with Crippen molar-refractivity contribution in [3.63, 3.8) is 0 Å². The van der Waals surface area contributed by atoms with Gasteiger partial charge in [0, 0.05) is 13.1 Å². The lowest BCUT2D eigenvalue weighted by Gasteiger charge is -2.16. The van der Waals surface area contributed by atoms with Crippen molar-refractivity contribution >= 4 is 18.3 Å². The van der Waals surface area contributed by atoms with E-state index in [4.69, 9.17) is 14.6 Å². The van der Waals surface area contributed by atoms with Gasteiger partial charge in [-0.05, 0) is 25.7 Å². The van der Waals surface area contributed by atoms with Crippen molar-refractivity contribution in [2.45, 2.75) is 233 Å². The molecule has 3 amide bonds. The Kier molecular flexibility index (Phi) is 44.3. The number of ether oxygens (including phenoxy) is 2. The zero-order chi connectivity index (χ0) is 37.9. The minimum absolute atomic E-state index is 0.229. The maximum absolute atomic E-state index is 11.9. The first-order valence-electron chi connectivity index (χ1n) is 22.0. The quantitative estimate of drug-likeness (QED) is 0.0623. The molecule has 0 aromatic rings. The first-order chi connectivity index (χ1) is 24.9. The third kappa shape index (κ3) is 42.3. The molecule has 0 saturated carbocycles. The lowest BCUT2D eigenvalue weighted by atomic mass is 10.1. The number of alkyl carbamates (subject to hydrolysis) is 1. The Morgan fingerprint density at radius 2 is 0.745 bits per heavy atom. The SMILES string of the molecule is CCCCCCCCCCCCCCOC(=O)N(CCCCCC)C(=O)O.CCCCCCCCCCCCCCOC(=O)NCCCCCC. The molecule has 304 valence electrons. The van der Waals surface area contributed by atoms with Crippen LogP contribution >= 0.6 is 0 Å². The zero-order valence-corrected chi connectivity index (χ0v) is 34.4. The minimum atomic E-state index is -1.22. The Morgan fingerprint density at radius 1 is 0.431 bits per heavy atom. The molecular formula is C43H86N2O6. The number of carbonyl (C=O) groups is 3. The number of nitrogens with one attached hydrogen (secondary N) is 1. The number of carbonyl (C=O) groups excluding carboxylic acids is 2. The van der Waals surface area contributed by atoms with Gasteiger partial charge in [0.15, 0.2) is 0 Å². The van der Waals surface area contributed by atoms with Gasteiger partial charge in [0.1, 0.15) is 0 Å². The van der Waals surface area contributed by atoms with Gasteiger partial charge in [-0.25, -0.2) is 19.3 Å². The van der Waals surface area contributed by atoms with Crippen molar-refractivity contribution in [2.24, 2.45) is 0 Å². The van der Waals surface area contributed by atoms with Crippen molar-refractivity contribution in [1.29, 1.82) is 0 Å². The predicted molar refractivity (Wildman–Crippen MR) is 216 cm³/mol. The molecule has 8 nitrogen and oxygen atoms in total. The number of carboxylic acid groups (broad SMARTS) is 1. The maximum atomic E-state index is 11.9. The first kappa shape index (κ1) is 51.1. The van der Waals surface area contributed by atoms with E-state index in [2.05, 4.69) is 33.0 Å². The number of amides is 3. The van der Waals surface area contributed by atoms with Gasteiger partial charge in [-0.15, -0.1) is 0 Å². The molecule has 0 unspecified atom stereocenters. The van der Waals surface area contributed by atoms with Crippen LogP contribution < -0.4 is 5.32 Å². The highest BCUT2D eigenvalue weighted by Gasteiger charge is 2.21. The fourth-order valence-electron chi connectivity index (χ4n) is 6.04. The molecule has 0 heterocycles. The molecule has 8 heteroatoms. The number of imide groups is 1. The summed E-state index contributed by atoms with van der Waals surface area (Å²) in [4.78, 5) is 35.3. The Labute approximate surface area is 316 Å². The lowest BCUT2D eigenvalue weighted by Crippen LogP contribution is -2.37. The van der Waals surface area contributed by atoms with Crippen molar-refractivity contribution in [3.8, 4) is 0 Å². The second kappa shape index (κ2) is 44.2. The molecule has 0 aromatic carbocycles. The number of hydrogen-bond acceptors (Lipinski definition) is 5. The lowest BCUT2D eigenvalue weighted by molar-refractivity contribution is 0.0924. The average molecular weight is 727 g/mol. The highest BCUT2D eigenvalue weighted by molar-refractivity contribution is 5.86. The largest absolute Gasteiger partial charge is 0.465 e. The molecular weight excluding hydrogens is 640 g/mol. The Morgan fingerprint density at radius 3 is 1.12 bits per heavy atom. The summed E-state index contributed by atoms with van der Waals surface area (Å²) >= 11 is 0. The maximum Gasteiger partial charge on any atom is 0.419 e. The Bertz CT molecular complexity index is 735. The van der Waals surface area contributed by atoms with Gasteiger partial charge in [-0.1, -0.05) is 207 Å². The highest BCUT2D eigenvalue weighted by Crippen LogP contribution is 2.13. The molecule has 0 aromatic heterocycles. The van der Waals surface area contributed by atoms with Crippen LogP contribution in [0.3, 0.4) is 0 Å². The van der Waals surface area contributed by atoms with Crippen LogP contribution in [0, 0.1) is 0 Å². The average Bonchev–Trinajstić information content (AvgIpc) is 3.12. The number of nitrogens with zero attached hydrogens (tertiary/aromatic N) is 1. The minimum Gasteiger partial charge on any atom is -0.465 e. The Balaban J connectivity index is 0. The van der Waals surface area contributed by atoms with E-state index in [1.807, 2.05) is 0 Å². The van der Waals surface area contributed by atoms with Gasteiger partial charge >= 0.3 is 18.3 Å². The van der Waals surface area contributed by atoms with Crippen LogP contribution in [0.2, 0.25) is 0 Å². The van der Waals surface area contributed by atoms with Crippen LogP contribution in [0.4, 0.5) is 14.4 Å². The number of rotatable bonds is 36. The zero-order valence-electron chi connectivity index (χ0n) is 34.4. The third-order valence-corrected chi connectivity index (χ3v) is 9.44. The second-order valence-electron chi connectivity index (χ2n) is 14.5. The molecule has 0 saturated heterocycles. The van der Waals surface area contributed by atoms with E-state index >= 15 is 0 Å². The number of unbranched alkanes of at least 4 members (excludes halogenated alkanes) is 28. The molecule has 0 spiro atoms. The summed E-state index contributed by atoms with van der Waals surface area (Å²) in [5.74, 6) is 0. The van der Waals surface area contributed by atoms with Gasteiger partial charge in [-0.2, -0.15) is 0 Å². The van der Waals surface area contributed by atoms with Gasteiger partial charge in [0.25, 0.3) is 0 Å². The van der Waals surface area contributed by atoms with Crippen LogP contribution in [-0.4, -0.2) is 54.6 Å². The van der Waals surface area contributed by atoms with Crippen LogP contribution in [-0.2, 0) is 9.47 Å². The van der Waals surface area contributed by atoms with Gasteiger partial charge in [0.05, 0.1) is 13.2 Å². The summed E-state index contributed by atoms with van der Waals surface area (Å²) < 4.78 is 10.3. The summed E-state index contributed by atoms with van der Waals surface area (Å²) in [6.45, 7) is 10.7. The normalized spacial score (nSPS) is 10.7. The first-order valence-corrected chi connectivity index (χ1v) is 22.0. The van der Waals surface area contributed by atoms with Gasteiger partial charge in [-0.3, -0.25) is 0 Å². The van der Waals surface area contributed by atoms with Crippen LogP contribution in [0.25, 0.3) is 0 Å². The summed E-state index contributed by atoms with van der Waals surface area (Å²) in [7, 11) is 0. The predicted octanol–water partition coefficient (Wildman–Crippen LogP) is 14.4. The van der Waals surface area contributed by atoms with Crippen molar-refractivity contribution in [1.82, 2.24) is 10.2 Å². The molecule has 0 rings (SSSR count). The van der Waals surface area contributed by atoms with E-state index in [1.165, 1.54) is 148 Å². The summed E-state index contributed by atoms with van der Waals surface area (Å²) in [5, 5.41) is 12.0. The van der Waals surface area contributed by atoms with Gasteiger partial charge in [0.2, 0.25) is 0 Å². The molecule has 0 bridgehead atoms. The fourth-order valence-corrected chi connectivity index (χ4v) is 6.04. The molecule has 0 aliphatic rings. The summed E-state index contributed by atoms with van der Waals surface area (Å²) in [6.07, 6.45) is 37.3. The van der Waals surface area contributed by atoms with Gasteiger partial charge < -0.3 is 19.9 Å². The van der Waals surface area contributed by atoms with Crippen LogP contribution in [0.1, 0.15) is 233 Å². The summed E-state index contributed by atoms with van der Waals surface area (Å²) in [5.41, 5.74) is 0. The van der Waals surface area contributed by atoms with Crippen molar-refractivity contribution in [3.05, 3.63) is 0 Å². The molecule has 0 radical (unpaired) electrons. The topological polar surface area (TPSA) is 105 Å². The van der Waals surface area contributed by atoms with Crippen LogP contribution in [0.15, 0.2) is 0 Å². The van der Waals surface area contributed by atoms with E-state index in [1.54, 1.807) is 0 Å². The fraction of sp³-hybridized carbons (Fsp3) is 0.930. The molecule has 0 atom stereocenters. The molecule has 0 aliphatic carbocycles. The van der Waals surface area contributed by atoms with Crippen LogP contribution in [0.5, 0.6) is 0 Å². The molecule has 2 N–H and O–H groups in total. The summed E-state index contributed by atoms with van der Waals surface area (Å²) in [6, 6.07) is 0. The molecule has 0 fully saturated rings. The molecule has 0 aliphatic heterocycles. The Hall–Kier alpha value is -1.99. The smallest absolute Gasteiger partial charge is 0.419 e. The monoisotopic (exact) mass is 727 g/mol. The van der Waals surface area contributed by atoms with E-state index < -0.39 is 12.2 Å². The highest BCUT2D eigenvalue weighted by atomic mass is 16.6. The van der Waals surface area contributed by atoms with Crippen molar-refractivity contribution in [2.75, 3.05) is 26.3 Å². The van der Waals surface area contributed by atoms with E-state index in [0.29, 0.717) is 19.6 Å². The number of hydrogen-bond donors (Lipinski definition) is 2.